The normalized spacial score (nSPS) is 15.7. The molecule has 0 bridgehead atoms. The first kappa shape index (κ1) is 13.3. The molecule has 1 aliphatic heterocycles. The van der Waals surface area contributed by atoms with Crippen molar-refractivity contribution >= 4 is 22.2 Å². The van der Waals surface area contributed by atoms with Gasteiger partial charge in [0.25, 0.3) is 0 Å². The van der Waals surface area contributed by atoms with E-state index in [1.54, 1.807) is 11.3 Å². The molecule has 0 atom stereocenters. The van der Waals surface area contributed by atoms with Gasteiger partial charge in [0.1, 0.15) is 5.82 Å². The first-order chi connectivity index (χ1) is 9.78. The van der Waals surface area contributed by atoms with Gasteiger partial charge in [-0.05, 0) is 23.8 Å². The summed E-state index contributed by atoms with van der Waals surface area (Å²) >= 11 is 1.66. The molecule has 2 N–H and O–H groups in total. The molecule has 1 saturated heterocycles. The van der Waals surface area contributed by atoms with E-state index in [1.165, 1.54) is 12.1 Å². The largest absolute Gasteiger partial charge is 0.368 e. The zero-order valence-corrected chi connectivity index (χ0v) is 11.9. The Bertz CT molecular complexity index is 565. The number of rotatable bonds is 3. The molecule has 0 unspecified atom stereocenters. The van der Waals surface area contributed by atoms with E-state index in [-0.39, 0.29) is 5.82 Å². The number of benzene rings is 1. The number of hydrogen-bond acceptors (Lipinski definition) is 5. The van der Waals surface area contributed by atoms with Crippen molar-refractivity contribution < 1.29 is 4.39 Å². The SMILES string of the molecule is NCc1cc(F)ccc1N1CCN(c2nccs2)CC1. The summed E-state index contributed by atoms with van der Waals surface area (Å²) < 4.78 is 13.3. The van der Waals surface area contributed by atoms with Gasteiger partial charge in [-0.3, -0.25) is 0 Å². The maximum atomic E-state index is 13.3. The van der Waals surface area contributed by atoms with Crippen molar-refractivity contribution in [2.45, 2.75) is 6.54 Å². The number of hydrogen-bond donors (Lipinski definition) is 1. The fourth-order valence-electron chi connectivity index (χ4n) is 2.54. The second-order valence-corrected chi connectivity index (χ2v) is 5.64. The second kappa shape index (κ2) is 5.76. The number of anilines is 2. The van der Waals surface area contributed by atoms with Gasteiger partial charge in [-0.2, -0.15) is 0 Å². The molecule has 0 aliphatic carbocycles. The van der Waals surface area contributed by atoms with E-state index in [2.05, 4.69) is 14.8 Å². The third-order valence-corrected chi connectivity index (χ3v) is 4.40. The highest BCUT2D eigenvalue weighted by Gasteiger charge is 2.20. The molecule has 0 spiro atoms. The van der Waals surface area contributed by atoms with Crippen LogP contribution in [-0.4, -0.2) is 31.2 Å². The van der Waals surface area contributed by atoms with Crippen LogP contribution >= 0.6 is 11.3 Å². The van der Waals surface area contributed by atoms with E-state index in [4.69, 9.17) is 5.73 Å². The van der Waals surface area contributed by atoms with Gasteiger partial charge in [-0.25, -0.2) is 9.37 Å². The van der Waals surface area contributed by atoms with Crippen LogP contribution in [0.2, 0.25) is 0 Å². The predicted molar refractivity (Wildman–Crippen MR) is 80.8 cm³/mol. The van der Waals surface area contributed by atoms with Crippen LogP contribution in [-0.2, 0) is 6.54 Å². The molecule has 0 radical (unpaired) electrons. The van der Waals surface area contributed by atoms with E-state index in [9.17, 15) is 4.39 Å². The number of nitrogens with zero attached hydrogens (tertiary/aromatic N) is 3. The zero-order chi connectivity index (χ0) is 13.9. The quantitative estimate of drug-likeness (QED) is 0.940. The average molecular weight is 292 g/mol. The molecule has 1 aromatic heterocycles. The molecular formula is C14H17FN4S. The van der Waals surface area contributed by atoms with Gasteiger partial charge in [0.05, 0.1) is 0 Å². The minimum atomic E-state index is -0.226. The molecule has 0 saturated carbocycles. The fourth-order valence-corrected chi connectivity index (χ4v) is 3.23. The Labute approximate surface area is 121 Å². The summed E-state index contributed by atoms with van der Waals surface area (Å²) in [4.78, 5) is 8.89. The van der Waals surface area contributed by atoms with Gasteiger partial charge in [0, 0.05) is 50.0 Å². The highest BCUT2D eigenvalue weighted by atomic mass is 32.1. The molecule has 3 rings (SSSR count). The predicted octanol–water partition coefficient (Wildman–Crippen LogP) is 2.07. The van der Waals surface area contributed by atoms with Crippen LogP contribution in [0, 0.1) is 5.82 Å². The molecule has 0 amide bonds. The topological polar surface area (TPSA) is 45.4 Å². The van der Waals surface area contributed by atoms with Crippen LogP contribution in [0.1, 0.15) is 5.56 Å². The lowest BCUT2D eigenvalue weighted by Crippen LogP contribution is -2.46. The number of nitrogens with two attached hydrogens (primary N) is 1. The van der Waals surface area contributed by atoms with Crippen molar-refractivity contribution in [3.63, 3.8) is 0 Å². The van der Waals surface area contributed by atoms with Gasteiger partial charge < -0.3 is 15.5 Å². The monoisotopic (exact) mass is 292 g/mol. The third kappa shape index (κ3) is 2.62. The molecule has 1 aliphatic rings. The lowest BCUT2D eigenvalue weighted by atomic mass is 10.1. The van der Waals surface area contributed by atoms with E-state index >= 15 is 0 Å². The lowest BCUT2D eigenvalue weighted by molar-refractivity contribution is 0.621. The van der Waals surface area contributed by atoms with Crippen molar-refractivity contribution in [1.29, 1.82) is 0 Å². The first-order valence-electron chi connectivity index (χ1n) is 6.66. The Morgan fingerprint density at radius 3 is 2.60 bits per heavy atom. The Kier molecular flexibility index (Phi) is 3.84. The zero-order valence-electron chi connectivity index (χ0n) is 11.1. The molecular weight excluding hydrogens is 275 g/mol. The fraction of sp³-hybridized carbons (Fsp3) is 0.357. The van der Waals surface area contributed by atoms with Crippen LogP contribution in [0.3, 0.4) is 0 Å². The summed E-state index contributed by atoms with van der Waals surface area (Å²) in [6.07, 6.45) is 1.83. The number of thiazole rings is 1. The molecule has 1 aromatic carbocycles. The average Bonchev–Trinajstić information content (AvgIpc) is 3.01. The van der Waals surface area contributed by atoms with Crippen molar-refractivity contribution in [2.75, 3.05) is 36.0 Å². The molecule has 2 aromatic rings. The van der Waals surface area contributed by atoms with Crippen LogP contribution in [0.4, 0.5) is 15.2 Å². The molecule has 1 fully saturated rings. The number of piperazine rings is 1. The van der Waals surface area contributed by atoms with Gasteiger partial charge in [-0.15, -0.1) is 11.3 Å². The second-order valence-electron chi connectivity index (χ2n) is 4.77. The summed E-state index contributed by atoms with van der Waals surface area (Å²) in [7, 11) is 0. The summed E-state index contributed by atoms with van der Waals surface area (Å²) in [6, 6.07) is 4.86. The minimum absolute atomic E-state index is 0.226. The van der Waals surface area contributed by atoms with E-state index in [0.29, 0.717) is 6.54 Å². The van der Waals surface area contributed by atoms with Crippen molar-refractivity contribution in [1.82, 2.24) is 4.98 Å². The highest BCUT2D eigenvalue weighted by molar-refractivity contribution is 7.13. The van der Waals surface area contributed by atoms with Crippen molar-refractivity contribution in [2.24, 2.45) is 5.73 Å². The van der Waals surface area contributed by atoms with Crippen LogP contribution in [0.15, 0.2) is 29.8 Å². The lowest BCUT2D eigenvalue weighted by Gasteiger charge is -2.36. The maximum Gasteiger partial charge on any atom is 0.185 e. The summed E-state index contributed by atoms with van der Waals surface area (Å²) in [5.74, 6) is -0.226. The standard InChI is InChI=1S/C14H17FN4S/c15-12-1-2-13(11(9-12)10-16)18-4-6-19(7-5-18)14-17-3-8-20-14/h1-3,8-9H,4-7,10,16H2. The Morgan fingerprint density at radius 2 is 1.95 bits per heavy atom. The van der Waals surface area contributed by atoms with Crippen LogP contribution in [0.25, 0.3) is 0 Å². The summed E-state index contributed by atoms with van der Waals surface area (Å²) in [5, 5.41) is 3.07. The van der Waals surface area contributed by atoms with Crippen LogP contribution in [0.5, 0.6) is 0 Å². The van der Waals surface area contributed by atoms with Gasteiger partial charge in [0.2, 0.25) is 0 Å². The first-order valence-corrected chi connectivity index (χ1v) is 7.54. The number of halogens is 1. The minimum Gasteiger partial charge on any atom is -0.368 e. The number of aromatic nitrogens is 1. The highest BCUT2D eigenvalue weighted by Crippen LogP contribution is 2.25. The summed E-state index contributed by atoms with van der Waals surface area (Å²) in [6.45, 7) is 4.01. The molecule has 6 heteroatoms. The van der Waals surface area contributed by atoms with Crippen molar-refractivity contribution in [3.05, 3.63) is 41.2 Å². The Hall–Kier alpha value is -1.66. The van der Waals surface area contributed by atoms with Crippen molar-refractivity contribution in [3.8, 4) is 0 Å². The van der Waals surface area contributed by atoms with E-state index in [0.717, 1.165) is 42.6 Å². The Morgan fingerprint density at radius 1 is 1.20 bits per heavy atom. The molecule has 20 heavy (non-hydrogen) atoms. The molecule has 2 heterocycles. The van der Waals surface area contributed by atoms with Crippen LogP contribution < -0.4 is 15.5 Å². The molecule has 106 valence electrons. The maximum absolute atomic E-state index is 13.3. The third-order valence-electron chi connectivity index (χ3n) is 3.57. The van der Waals surface area contributed by atoms with Gasteiger partial charge >= 0.3 is 0 Å². The smallest absolute Gasteiger partial charge is 0.185 e. The Balaban J connectivity index is 1.72. The van der Waals surface area contributed by atoms with Gasteiger partial charge in [-0.1, -0.05) is 0 Å². The molecule has 4 nitrogen and oxygen atoms in total. The summed E-state index contributed by atoms with van der Waals surface area (Å²) in [5.41, 5.74) is 7.64. The van der Waals surface area contributed by atoms with Gasteiger partial charge in [0.15, 0.2) is 5.13 Å². The van der Waals surface area contributed by atoms with E-state index in [1.807, 2.05) is 17.6 Å². The van der Waals surface area contributed by atoms with E-state index < -0.39 is 0 Å².